The lowest BCUT2D eigenvalue weighted by atomic mass is 10.1. The van der Waals surface area contributed by atoms with Gasteiger partial charge in [-0.1, -0.05) is 0 Å². The molecule has 0 spiro atoms. The number of anilines is 1. The quantitative estimate of drug-likeness (QED) is 0.654. The molecule has 1 aromatic heterocycles. The van der Waals surface area contributed by atoms with Gasteiger partial charge in [-0.15, -0.1) is 17.8 Å². The topological polar surface area (TPSA) is 81.2 Å². The molecule has 1 aromatic carbocycles. The van der Waals surface area contributed by atoms with Crippen molar-refractivity contribution in [2.24, 2.45) is 0 Å². The Balaban J connectivity index is 1.74. The fourth-order valence-corrected chi connectivity index (χ4v) is 4.22. The number of amides is 2. The summed E-state index contributed by atoms with van der Waals surface area (Å²) < 4.78 is 16.0. The second-order valence-corrected chi connectivity index (χ2v) is 7.81. The van der Waals surface area contributed by atoms with Crippen molar-refractivity contribution < 1.29 is 23.8 Å². The highest BCUT2D eigenvalue weighted by Gasteiger charge is 2.44. The summed E-state index contributed by atoms with van der Waals surface area (Å²) in [6.07, 6.45) is 5.92. The van der Waals surface area contributed by atoms with Gasteiger partial charge in [0.15, 0.2) is 5.01 Å². The van der Waals surface area contributed by atoms with E-state index >= 15 is 0 Å². The molecule has 9 heteroatoms. The maximum atomic E-state index is 13.5. The van der Waals surface area contributed by atoms with Crippen LogP contribution >= 0.6 is 11.3 Å². The average Bonchev–Trinajstić information content (AvgIpc) is 3.35. The average molecular weight is 427 g/mol. The van der Waals surface area contributed by atoms with E-state index in [1.165, 1.54) is 30.5 Å². The van der Waals surface area contributed by atoms with Gasteiger partial charge in [0.05, 0.1) is 39.2 Å². The molecule has 0 saturated carbocycles. The third kappa shape index (κ3) is 3.60. The Kier molecular flexibility index (Phi) is 5.61. The van der Waals surface area contributed by atoms with Crippen LogP contribution in [0, 0.1) is 12.3 Å². The highest BCUT2D eigenvalue weighted by molar-refractivity contribution is 7.10. The van der Waals surface area contributed by atoms with Gasteiger partial charge in [0, 0.05) is 30.1 Å². The predicted octanol–water partition coefficient (Wildman–Crippen LogP) is 1.79. The molecule has 1 unspecified atom stereocenters. The monoisotopic (exact) mass is 427 g/mol. The van der Waals surface area contributed by atoms with Gasteiger partial charge in [0.1, 0.15) is 23.2 Å². The molecule has 8 nitrogen and oxygen atoms in total. The largest absolute Gasteiger partial charge is 0.497 e. The summed E-state index contributed by atoms with van der Waals surface area (Å²) in [6.45, 7) is 1.61. The first-order chi connectivity index (χ1) is 14.5. The van der Waals surface area contributed by atoms with Gasteiger partial charge >= 0.3 is 0 Å². The summed E-state index contributed by atoms with van der Waals surface area (Å²) in [5.74, 6) is 2.97. The summed E-state index contributed by atoms with van der Waals surface area (Å²) in [5.41, 5.74) is 0.699. The van der Waals surface area contributed by atoms with Gasteiger partial charge in [-0.25, -0.2) is 4.98 Å². The van der Waals surface area contributed by atoms with Gasteiger partial charge in [-0.2, -0.15) is 0 Å². The summed E-state index contributed by atoms with van der Waals surface area (Å²) in [4.78, 5) is 34.2. The molecule has 3 heterocycles. The Hall–Kier alpha value is -3.09. The third-order valence-electron chi connectivity index (χ3n) is 5.26. The molecule has 0 bridgehead atoms. The Labute approximate surface area is 178 Å². The van der Waals surface area contributed by atoms with E-state index < -0.39 is 11.9 Å². The number of carbonyl (C=O) groups is 2. The van der Waals surface area contributed by atoms with E-state index in [2.05, 4.69) is 10.9 Å². The van der Waals surface area contributed by atoms with Crippen LogP contribution in [-0.2, 0) is 9.53 Å². The zero-order valence-electron chi connectivity index (χ0n) is 16.7. The number of ether oxygens (including phenoxy) is 3. The number of terminal acetylenes is 1. The van der Waals surface area contributed by atoms with Crippen LogP contribution in [0.4, 0.5) is 5.69 Å². The second kappa shape index (κ2) is 8.34. The standard InChI is InChI=1S/C21H21N3O5S/c1-4-19-22-17(12-30-19)20(25)24(13-7-15(27-2)9-16(8-13)28-3)18-5-6-23(21(18)26)14-10-29-11-14/h1,7-9,12,14,18H,5-6,10-11H2,2-3H3. The molecule has 1 atom stereocenters. The van der Waals surface area contributed by atoms with Crippen LogP contribution in [0.1, 0.15) is 21.9 Å². The van der Waals surface area contributed by atoms with Gasteiger partial charge in [-0.3, -0.25) is 14.5 Å². The summed E-state index contributed by atoms with van der Waals surface area (Å²) in [6, 6.07) is 4.52. The minimum Gasteiger partial charge on any atom is -0.497 e. The maximum Gasteiger partial charge on any atom is 0.278 e. The highest BCUT2D eigenvalue weighted by Crippen LogP contribution is 2.34. The molecule has 156 valence electrons. The minimum absolute atomic E-state index is 0.0617. The normalized spacial score (nSPS) is 18.6. The number of thiazole rings is 1. The molecule has 2 aliphatic rings. The molecule has 30 heavy (non-hydrogen) atoms. The Bertz CT molecular complexity index is 988. The Morgan fingerprint density at radius 1 is 1.30 bits per heavy atom. The highest BCUT2D eigenvalue weighted by atomic mass is 32.1. The predicted molar refractivity (Wildman–Crippen MR) is 111 cm³/mol. The van der Waals surface area contributed by atoms with Crippen molar-refractivity contribution in [1.29, 1.82) is 0 Å². The van der Waals surface area contributed by atoms with E-state index in [4.69, 9.17) is 20.6 Å². The number of methoxy groups -OCH3 is 2. The van der Waals surface area contributed by atoms with Crippen LogP contribution in [0.5, 0.6) is 11.5 Å². The first-order valence-corrected chi connectivity index (χ1v) is 10.3. The van der Waals surface area contributed by atoms with Crippen molar-refractivity contribution >= 4 is 28.8 Å². The molecule has 2 saturated heterocycles. The number of hydrogen-bond donors (Lipinski definition) is 0. The molecular formula is C21H21N3O5S. The number of hydrogen-bond acceptors (Lipinski definition) is 7. The van der Waals surface area contributed by atoms with E-state index in [-0.39, 0.29) is 17.6 Å². The number of benzene rings is 1. The summed E-state index contributed by atoms with van der Waals surface area (Å²) >= 11 is 1.21. The fourth-order valence-electron chi connectivity index (χ4n) is 3.62. The third-order valence-corrected chi connectivity index (χ3v) is 6.04. The number of likely N-dealkylation sites (tertiary alicyclic amines) is 1. The second-order valence-electron chi connectivity index (χ2n) is 6.96. The van der Waals surface area contributed by atoms with Crippen molar-refractivity contribution in [3.8, 4) is 23.8 Å². The summed E-state index contributed by atoms with van der Waals surface area (Å²) in [7, 11) is 3.06. The number of nitrogens with zero attached hydrogens (tertiary/aromatic N) is 3. The molecular weight excluding hydrogens is 406 g/mol. The van der Waals surface area contributed by atoms with Crippen molar-refractivity contribution in [1.82, 2.24) is 9.88 Å². The van der Waals surface area contributed by atoms with Crippen LogP contribution in [0.3, 0.4) is 0 Å². The lowest BCUT2D eigenvalue weighted by Gasteiger charge is -2.35. The van der Waals surface area contributed by atoms with Gasteiger partial charge in [0.2, 0.25) is 5.91 Å². The van der Waals surface area contributed by atoms with Gasteiger partial charge < -0.3 is 19.1 Å². The summed E-state index contributed by atoms with van der Waals surface area (Å²) in [5, 5.41) is 2.02. The van der Waals surface area contributed by atoms with Crippen LogP contribution in [0.15, 0.2) is 23.6 Å². The SMILES string of the molecule is C#Cc1nc(C(=O)N(c2cc(OC)cc(OC)c2)C2CCN(C3COC3)C2=O)cs1. The molecule has 2 aliphatic heterocycles. The molecule has 0 aliphatic carbocycles. The minimum atomic E-state index is -0.661. The molecule has 2 fully saturated rings. The van der Waals surface area contributed by atoms with Crippen molar-refractivity contribution in [3.05, 3.63) is 34.3 Å². The number of rotatable bonds is 6. The number of carbonyl (C=O) groups excluding carboxylic acids is 2. The van der Waals surface area contributed by atoms with Gasteiger partial charge in [-0.05, 0) is 12.3 Å². The van der Waals surface area contributed by atoms with E-state index in [0.717, 1.165) is 0 Å². The van der Waals surface area contributed by atoms with E-state index in [9.17, 15) is 9.59 Å². The maximum absolute atomic E-state index is 13.5. The van der Waals surface area contributed by atoms with E-state index in [1.807, 2.05) is 0 Å². The zero-order valence-corrected chi connectivity index (χ0v) is 17.5. The van der Waals surface area contributed by atoms with Crippen LogP contribution in [0.2, 0.25) is 0 Å². The number of aromatic nitrogens is 1. The van der Waals surface area contributed by atoms with Gasteiger partial charge in [0.25, 0.3) is 5.91 Å². The molecule has 0 N–H and O–H groups in total. The van der Waals surface area contributed by atoms with Crippen molar-refractivity contribution in [2.45, 2.75) is 18.5 Å². The van der Waals surface area contributed by atoms with Crippen LogP contribution < -0.4 is 14.4 Å². The van der Waals surface area contributed by atoms with Crippen molar-refractivity contribution in [2.75, 3.05) is 38.9 Å². The smallest absolute Gasteiger partial charge is 0.278 e. The van der Waals surface area contributed by atoms with Crippen molar-refractivity contribution in [3.63, 3.8) is 0 Å². The van der Waals surface area contributed by atoms with Crippen LogP contribution in [0.25, 0.3) is 0 Å². The zero-order chi connectivity index (χ0) is 21.3. The molecule has 4 rings (SSSR count). The first kappa shape index (κ1) is 20.2. The molecule has 2 amide bonds. The first-order valence-electron chi connectivity index (χ1n) is 9.42. The van der Waals surface area contributed by atoms with Crippen LogP contribution in [-0.4, -0.2) is 67.8 Å². The lowest BCUT2D eigenvalue weighted by molar-refractivity contribution is -0.140. The fraction of sp³-hybridized carbons (Fsp3) is 0.381. The molecule has 0 radical (unpaired) electrons. The molecule has 2 aromatic rings. The Morgan fingerprint density at radius 2 is 2.00 bits per heavy atom. The Morgan fingerprint density at radius 3 is 2.53 bits per heavy atom. The van der Waals surface area contributed by atoms with E-state index in [0.29, 0.717) is 48.4 Å². The van der Waals surface area contributed by atoms with E-state index in [1.54, 1.807) is 28.5 Å². The lowest BCUT2D eigenvalue weighted by Crippen LogP contribution is -2.53.